The van der Waals surface area contributed by atoms with Crippen LogP contribution in [-0.4, -0.2) is 0 Å². The van der Waals surface area contributed by atoms with E-state index in [-0.39, 0.29) is 18.3 Å². The molecule has 0 saturated carbocycles. The maximum atomic E-state index is 8.38. The van der Waals surface area contributed by atoms with Gasteiger partial charge in [0.2, 0.25) is 0 Å². The van der Waals surface area contributed by atoms with E-state index >= 15 is 0 Å². The summed E-state index contributed by atoms with van der Waals surface area (Å²) < 4.78 is 8.38. The van der Waals surface area contributed by atoms with E-state index in [2.05, 4.69) is 17.9 Å². The summed E-state index contributed by atoms with van der Waals surface area (Å²) in [6.45, 7) is 0. The van der Waals surface area contributed by atoms with Crippen LogP contribution in [0.3, 0.4) is 0 Å². The van der Waals surface area contributed by atoms with E-state index in [9.17, 15) is 0 Å². The van der Waals surface area contributed by atoms with Gasteiger partial charge in [-0.25, -0.2) is 0 Å². The Hall–Kier alpha value is 1.71. The molecule has 0 aliphatic carbocycles. The Morgan fingerprint density at radius 1 is 1.40 bits per heavy atom. The molecule has 0 fully saturated rings. The normalized spacial score (nSPS) is 4.80. The fraction of sp³-hybridized carbons (Fsp3) is 0. The average molecular weight is 179 g/mol. The summed E-state index contributed by atoms with van der Waals surface area (Å²) in [6.07, 6.45) is 0. The van der Waals surface area contributed by atoms with Gasteiger partial charge < -0.3 is 0 Å². The fourth-order valence-corrected chi connectivity index (χ4v) is 0. The second-order valence-electron chi connectivity index (χ2n) is 0.167. The van der Waals surface area contributed by atoms with Gasteiger partial charge in [-0.05, 0) is 0 Å². The molecule has 0 aromatic rings. The van der Waals surface area contributed by atoms with E-state index in [1.54, 1.807) is 0 Å². The zero-order valence-electron chi connectivity index (χ0n) is 2.77. The summed E-state index contributed by atoms with van der Waals surface area (Å²) in [7, 11) is 6.06. The minimum absolute atomic E-state index is 0.125. The predicted octanol–water partition coefficient (Wildman–Crippen LogP) is 1.12. The molecule has 0 heterocycles. The van der Waals surface area contributed by atoms with Crippen LogP contribution in [0, 0.1) is 0 Å². The molecule has 0 aromatic heterocycles. The summed E-state index contributed by atoms with van der Waals surface area (Å²) >= 11 is 0.125. The van der Waals surface area contributed by atoms with E-state index in [0.29, 0.717) is 0 Å². The first-order valence-electron chi connectivity index (χ1n) is 0.866. The third-order valence-electron chi connectivity index (χ3n) is 0. The number of hydrogen-bond donors (Lipinski definition) is 0. The molecule has 0 saturated heterocycles. The van der Waals surface area contributed by atoms with Gasteiger partial charge in [0.05, 0.1) is 0 Å². The van der Waals surface area contributed by atoms with Crippen molar-refractivity contribution in [1.29, 1.82) is 0 Å². The Balaban J connectivity index is 0. The van der Waals surface area contributed by atoms with Crippen molar-refractivity contribution in [3.63, 3.8) is 0 Å². The van der Waals surface area contributed by atoms with Crippen LogP contribution < -0.4 is 0 Å². The van der Waals surface area contributed by atoms with Gasteiger partial charge in [0.25, 0.3) is 0 Å². The molecular formula is H5OP3Zn. The Morgan fingerprint density at radius 3 is 1.40 bits per heavy atom. The van der Waals surface area contributed by atoms with Gasteiger partial charge in [-0.15, -0.1) is 17.9 Å². The van der Waals surface area contributed by atoms with E-state index in [1.807, 2.05) is 0 Å². The number of rotatable bonds is 0. The van der Waals surface area contributed by atoms with Gasteiger partial charge in [-0.1, -0.05) is 7.96 Å². The van der Waals surface area contributed by atoms with Crippen LogP contribution in [0.2, 0.25) is 0 Å². The first-order chi connectivity index (χ1) is 2.41. The van der Waals surface area contributed by atoms with Crippen molar-refractivity contribution >= 4 is 25.8 Å². The van der Waals surface area contributed by atoms with Crippen molar-refractivity contribution in [2.45, 2.75) is 0 Å². The molecule has 0 radical (unpaired) electrons. The van der Waals surface area contributed by atoms with Crippen LogP contribution in [0.4, 0.5) is 0 Å². The molecule has 0 aliphatic heterocycles. The van der Waals surface area contributed by atoms with Crippen LogP contribution >= 0.6 is 25.8 Å². The molecule has 2 atom stereocenters. The summed E-state index contributed by atoms with van der Waals surface area (Å²) in [4.78, 5) is 0. The number of hydrogen-bond acceptors (Lipinski definition) is 1. The van der Waals surface area contributed by atoms with E-state index in [0.717, 1.165) is 7.96 Å². The Morgan fingerprint density at radius 2 is 1.40 bits per heavy atom. The van der Waals surface area contributed by atoms with Gasteiger partial charge in [0.15, 0.2) is 0 Å². The molecule has 5 heavy (non-hydrogen) atoms. The first kappa shape index (κ1) is 9.86. The second kappa shape index (κ2) is 17.2. The molecule has 5 heteroatoms. The van der Waals surface area contributed by atoms with E-state index in [1.165, 1.54) is 0 Å². The van der Waals surface area contributed by atoms with Gasteiger partial charge in [-0.3, -0.25) is 0 Å². The van der Waals surface area contributed by atoms with Gasteiger partial charge in [-0.2, -0.15) is 0 Å². The predicted molar refractivity (Wildman–Crippen MR) is 28.4 cm³/mol. The SMILES string of the molecule is PPP.[O]=[Zn]. The molecule has 0 N–H and O–H groups in total. The summed E-state index contributed by atoms with van der Waals surface area (Å²) in [5, 5.41) is 0. The average Bonchev–Trinajstić information content (AvgIpc) is 1.46. The Kier molecular flexibility index (Phi) is 34.0. The summed E-state index contributed by atoms with van der Waals surface area (Å²) in [5.74, 6) is 0. The quantitative estimate of drug-likeness (QED) is 0.402. The van der Waals surface area contributed by atoms with Crippen LogP contribution in [0.15, 0.2) is 0 Å². The zero-order valence-corrected chi connectivity index (χ0v) is 9.05. The molecule has 0 bridgehead atoms. The minimum atomic E-state index is 0.125. The molecular weight excluding hydrogens is 174 g/mol. The molecule has 28 valence electrons. The molecule has 0 aliphatic rings. The van der Waals surface area contributed by atoms with E-state index in [4.69, 9.17) is 3.57 Å². The van der Waals surface area contributed by atoms with Crippen molar-refractivity contribution in [3.8, 4) is 0 Å². The molecule has 0 spiro atoms. The molecule has 0 rings (SSSR count). The molecule has 0 aromatic carbocycles. The third kappa shape index (κ3) is 26.8. The zero-order chi connectivity index (χ0) is 4.71. The molecule has 2 unspecified atom stereocenters. The first-order valence-corrected chi connectivity index (χ1v) is 6.70. The van der Waals surface area contributed by atoms with Crippen molar-refractivity contribution in [2.75, 3.05) is 0 Å². The monoisotopic (exact) mass is 178 g/mol. The van der Waals surface area contributed by atoms with Crippen LogP contribution in [0.1, 0.15) is 0 Å². The standard InChI is InChI=1S/O.H5P3.Zn/c;1-3-2;/h;3H,1-2H2;. The second-order valence-corrected chi connectivity index (χ2v) is 4.50. The summed E-state index contributed by atoms with van der Waals surface area (Å²) in [5.41, 5.74) is 0. The van der Waals surface area contributed by atoms with Gasteiger partial charge in [0.1, 0.15) is 0 Å². The third-order valence-corrected chi connectivity index (χ3v) is 0. The van der Waals surface area contributed by atoms with Crippen molar-refractivity contribution in [3.05, 3.63) is 0 Å². The van der Waals surface area contributed by atoms with Crippen LogP contribution in [0.5, 0.6) is 0 Å². The summed E-state index contributed by atoms with van der Waals surface area (Å²) in [6, 6.07) is 0. The fourth-order valence-electron chi connectivity index (χ4n) is 0. The van der Waals surface area contributed by atoms with Gasteiger partial charge in [0, 0.05) is 0 Å². The topological polar surface area (TPSA) is 17.1 Å². The Bertz CT molecular complexity index is 10.9. The molecule has 1 nitrogen and oxygen atoms in total. The Labute approximate surface area is 48.0 Å². The van der Waals surface area contributed by atoms with Crippen molar-refractivity contribution in [1.82, 2.24) is 0 Å². The van der Waals surface area contributed by atoms with E-state index < -0.39 is 0 Å². The van der Waals surface area contributed by atoms with Crippen molar-refractivity contribution in [2.24, 2.45) is 0 Å². The molecule has 0 amide bonds. The maximum absolute atomic E-state index is 8.38. The van der Waals surface area contributed by atoms with Crippen LogP contribution in [-0.2, 0) is 21.8 Å². The van der Waals surface area contributed by atoms with Crippen molar-refractivity contribution < 1.29 is 21.8 Å². The van der Waals surface area contributed by atoms with Crippen LogP contribution in [0.25, 0.3) is 0 Å². The van der Waals surface area contributed by atoms with Gasteiger partial charge >= 0.3 is 21.8 Å².